The van der Waals surface area contributed by atoms with E-state index in [0.29, 0.717) is 23.9 Å². The highest BCUT2D eigenvalue weighted by Gasteiger charge is 2.44. The number of hydrogen-bond donors (Lipinski definition) is 0. The Labute approximate surface area is 103 Å². The molecule has 1 aliphatic carbocycles. The molecule has 0 saturated heterocycles. The summed E-state index contributed by atoms with van der Waals surface area (Å²) in [6.45, 7) is 0. The Hall–Kier alpha value is -0.840. The van der Waals surface area contributed by atoms with Gasteiger partial charge in [0.2, 0.25) is 0 Å². The van der Waals surface area contributed by atoms with Gasteiger partial charge in [-0.25, -0.2) is 0 Å². The van der Waals surface area contributed by atoms with Gasteiger partial charge in [-0.15, -0.1) is 0 Å². The Morgan fingerprint density at radius 1 is 1.50 bits per heavy atom. The number of carbonyl (C=O) groups is 2. The van der Waals surface area contributed by atoms with Crippen molar-refractivity contribution in [3.8, 4) is 0 Å². The molecular weight excluding hydrogens is 276 g/mol. The van der Waals surface area contributed by atoms with Crippen LogP contribution in [-0.4, -0.2) is 31.3 Å². The van der Waals surface area contributed by atoms with Crippen molar-refractivity contribution in [2.24, 2.45) is 5.41 Å². The molecule has 0 spiro atoms. The van der Waals surface area contributed by atoms with Crippen molar-refractivity contribution < 1.29 is 19.1 Å². The zero-order valence-electron chi connectivity index (χ0n) is 9.42. The molecule has 90 valence electrons. The normalized spacial score (nSPS) is 24.9. The summed E-state index contributed by atoms with van der Waals surface area (Å²) in [4.78, 5) is 23.4. The van der Waals surface area contributed by atoms with Crippen molar-refractivity contribution in [1.82, 2.24) is 0 Å². The van der Waals surface area contributed by atoms with Crippen LogP contribution in [0.1, 0.15) is 19.3 Å². The van der Waals surface area contributed by atoms with Gasteiger partial charge in [-0.3, -0.25) is 9.59 Å². The molecule has 0 fully saturated rings. The Kier molecular flexibility index (Phi) is 4.53. The third-order valence-corrected chi connectivity index (χ3v) is 3.20. The fraction of sp³-hybridized carbons (Fsp3) is 0.636. The van der Waals surface area contributed by atoms with Gasteiger partial charge in [0.15, 0.2) is 5.78 Å². The van der Waals surface area contributed by atoms with Gasteiger partial charge in [0, 0.05) is 24.2 Å². The number of ketones is 1. The minimum absolute atomic E-state index is 0.0885. The number of halogens is 1. The smallest absolute Gasteiger partial charge is 0.312 e. The third kappa shape index (κ3) is 2.64. The zero-order valence-corrected chi connectivity index (χ0v) is 11.0. The molecule has 1 aliphatic rings. The third-order valence-electron chi connectivity index (χ3n) is 2.80. The average molecular weight is 291 g/mol. The first kappa shape index (κ1) is 13.2. The molecule has 1 unspecified atom stereocenters. The van der Waals surface area contributed by atoms with Gasteiger partial charge < -0.3 is 9.47 Å². The number of ether oxygens (including phenoxy) is 2. The summed E-state index contributed by atoms with van der Waals surface area (Å²) in [5, 5.41) is 0.645. The van der Waals surface area contributed by atoms with Crippen molar-refractivity contribution in [3.63, 3.8) is 0 Å². The first-order chi connectivity index (χ1) is 7.57. The number of esters is 1. The molecular formula is C11H15BrO4. The van der Waals surface area contributed by atoms with Crippen LogP contribution in [-0.2, 0) is 19.1 Å². The molecule has 0 aromatic carbocycles. The number of alkyl halides is 1. The van der Waals surface area contributed by atoms with Crippen LogP contribution in [0.3, 0.4) is 0 Å². The predicted molar refractivity (Wildman–Crippen MR) is 62.2 cm³/mol. The van der Waals surface area contributed by atoms with Crippen molar-refractivity contribution in [3.05, 3.63) is 11.8 Å². The van der Waals surface area contributed by atoms with Crippen molar-refractivity contribution in [2.45, 2.75) is 19.3 Å². The van der Waals surface area contributed by atoms with E-state index < -0.39 is 5.41 Å². The highest BCUT2D eigenvalue weighted by atomic mass is 79.9. The number of rotatable bonds is 4. The van der Waals surface area contributed by atoms with Crippen LogP contribution in [0, 0.1) is 5.41 Å². The standard InChI is InChI=1S/C11H15BrO4/c1-15-9-5-8(13)6-11(7-9,3-4-12)10(14)16-2/h5H,3-4,6-7H2,1-2H3. The average Bonchev–Trinajstić information content (AvgIpc) is 2.27. The fourth-order valence-electron chi connectivity index (χ4n) is 1.96. The monoisotopic (exact) mass is 290 g/mol. The van der Waals surface area contributed by atoms with Gasteiger partial charge in [0.1, 0.15) is 5.76 Å². The van der Waals surface area contributed by atoms with Crippen LogP contribution in [0.4, 0.5) is 0 Å². The molecule has 0 aliphatic heterocycles. The lowest BCUT2D eigenvalue weighted by Crippen LogP contribution is -2.38. The summed E-state index contributed by atoms with van der Waals surface area (Å²) >= 11 is 3.30. The quantitative estimate of drug-likeness (QED) is 0.585. The molecule has 0 aromatic heterocycles. The van der Waals surface area contributed by atoms with Gasteiger partial charge in [0.25, 0.3) is 0 Å². The van der Waals surface area contributed by atoms with E-state index in [9.17, 15) is 9.59 Å². The van der Waals surface area contributed by atoms with E-state index in [1.807, 2.05) is 0 Å². The second kappa shape index (κ2) is 5.48. The summed E-state index contributed by atoms with van der Waals surface area (Å²) in [6.07, 6.45) is 2.63. The van der Waals surface area contributed by atoms with E-state index >= 15 is 0 Å². The minimum Gasteiger partial charge on any atom is -0.501 e. The van der Waals surface area contributed by atoms with E-state index in [1.165, 1.54) is 20.3 Å². The second-order valence-electron chi connectivity index (χ2n) is 3.85. The summed E-state index contributed by atoms with van der Waals surface area (Å²) in [6, 6.07) is 0. The summed E-state index contributed by atoms with van der Waals surface area (Å²) in [5.41, 5.74) is -0.768. The molecule has 4 nitrogen and oxygen atoms in total. The first-order valence-corrected chi connectivity index (χ1v) is 6.12. The van der Waals surface area contributed by atoms with Gasteiger partial charge in [-0.2, -0.15) is 0 Å². The Morgan fingerprint density at radius 3 is 2.69 bits per heavy atom. The number of carbonyl (C=O) groups excluding carboxylic acids is 2. The van der Waals surface area contributed by atoms with Gasteiger partial charge >= 0.3 is 5.97 Å². The van der Waals surface area contributed by atoms with E-state index in [-0.39, 0.29) is 18.2 Å². The molecule has 0 N–H and O–H groups in total. The topological polar surface area (TPSA) is 52.6 Å². The second-order valence-corrected chi connectivity index (χ2v) is 4.64. The molecule has 0 saturated carbocycles. The van der Waals surface area contributed by atoms with Crippen molar-refractivity contribution >= 4 is 27.7 Å². The Morgan fingerprint density at radius 2 is 2.19 bits per heavy atom. The maximum atomic E-state index is 11.8. The van der Waals surface area contributed by atoms with E-state index in [4.69, 9.17) is 9.47 Å². The van der Waals surface area contributed by atoms with Crippen molar-refractivity contribution in [1.29, 1.82) is 0 Å². The van der Waals surface area contributed by atoms with Crippen LogP contribution in [0.2, 0.25) is 0 Å². The lowest BCUT2D eigenvalue weighted by molar-refractivity contribution is -0.156. The molecule has 0 bridgehead atoms. The molecule has 0 amide bonds. The highest BCUT2D eigenvalue weighted by Crippen LogP contribution is 2.39. The molecule has 0 heterocycles. The summed E-state index contributed by atoms with van der Waals surface area (Å²) in [7, 11) is 2.84. The van der Waals surface area contributed by atoms with E-state index in [1.54, 1.807) is 0 Å². The van der Waals surface area contributed by atoms with Crippen LogP contribution >= 0.6 is 15.9 Å². The molecule has 0 aromatic rings. The Bertz CT molecular complexity index is 324. The van der Waals surface area contributed by atoms with Crippen LogP contribution in [0.15, 0.2) is 11.8 Å². The van der Waals surface area contributed by atoms with Crippen LogP contribution < -0.4 is 0 Å². The van der Waals surface area contributed by atoms with E-state index in [2.05, 4.69) is 15.9 Å². The molecule has 1 rings (SSSR count). The maximum Gasteiger partial charge on any atom is 0.312 e. The summed E-state index contributed by atoms with van der Waals surface area (Å²) in [5.74, 6) is 0.111. The number of methoxy groups -OCH3 is 2. The minimum atomic E-state index is -0.768. The number of hydrogen-bond acceptors (Lipinski definition) is 4. The zero-order chi connectivity index (χ0) is 12.2. The maximum absolute atomic E-state index is 11.8. The lowest BCUT2D eigenvalue weighted by Gasteiger charge is -2.32. The Balaban J connectivity index is 2.99. The van der Waals surface area contributed by atoms with Crippen LogP contribution in [0.5, 0.6) is 0 Å². The fourth-order valence-corrected chi connectivity index (χ4v) is 2.72. The van der Waals surface area contributed by atoms with Crippen LogP contribution in [0.25, 0.3) is 0 Å². The van der Waals surface area contributed by atoms with E-state index in [0.717, 1.165) is 0 Å². The largest absolute Gasteiger partial charge is 0.501 e. The van der Waals surface area contributed by atoms with Gasteiger partial charge in [-0.05, 0) is 6.42 Å². The van der Waals surface area contributed by atoms with Gasteiger partial charge in [0.05, 0.1) is 19.6 Å². The molecule has 5 heteroatoms. The number of allylic oxidation sites excluding steroid dienone is 2. The van der Waals surface area contributed by atoms with Gasteiger partial charge in [-0.1, -0.05) is 15.9 Å². The lowest BCUT2D eigenvalue weighted by atomic mass is 9.74. The molecule has 0 radical (unpaired) electrons. The summed E-state index contributed by atoms with van der Waals surface area (Å²) < 4.78 is 9.87. The molecule has 1 atom stereocenters. The predicted octanol–water partition coefficient (Wildman–Crippen LogP) is 1.82. The van der Waals surface area contributed by atoms with Crippen molar-refractivity contribution in [2.75, 3.05) is 19.5 Å². The molecule has 16 heavy (non-hydrogen) atoms. The highest BCUT2D eigenvalue weighted by molar-refractivity contribution is 9.09. The SMILES string of the molecule is COC(=O)C1(CCBr)CC(=O)C=C(OC)C1. The first-order valence-electron chi connectivity index (χ1n) is 5.00.